The number of carbonyl (C=O) groups excluding carboxylic acids is 2. The number of esters is 1. The van der Waals surface area contributed by atoms with Crippen LogP contribution in [0.25, 0.3) is 0 Å². The second-order valence-corrected chi connectivity index (χ2v) is 11.3. The molecule has 0 bridgehead atoms. The molecule has 5 nitrogen and oxygen atoms in total. The van der Waals surface area contributed by atoms with Gasteiger partial charge in [-0.05, 0) is 42.7 Å². The van der Waals surface area contributed by atoms with E-state index in [0.29, 0.717) is 19.7 Å². The van der Waals surface area contributed by atoms with Crippen molar-refractivity contribution in [1.29, 1.82) is 0 Å². The van der Waals surface area contributed by atoms with Crippen molar-refractivity contribution in [2.45, 2.75) is 31.1 Å². The fourth-order valence-corrected chi connectivity index (χ4v) is 6.47. The minimum atomic E-state index is -0.508. The number of likely N-dealkylation sites (N-methyl/N-ethyl adjacent to an activating group) is 1. The number of benzene rings is 3. The summed E-state index contributed by atoms with van der Waals surface area (Å²) in [6.07, 6.45) is 3.06. The maximum atomic E-state index is 12.2. The Balaban J connectivity index is 1.78. The minimum Gasteiger partial charge on any atom is -0.465 e. The van der Waals surface area contributed by atoms with Gasteiger partial charge >= 0.3 is 5.97 Å². The number of thioether (sulfide) groups is 1. The number of carbonyl (C=O) groups is 2. The molecule has 1 heterocycles. The van der Waals surface area contributed by atoms with Crippen LogP contribution < -0.4 is 0 Å². The highest BCUT2D eigenvalue weighted by Crippen LogP contribution is 2.45. The van der Waals surface area contributed by atoms with E-state index in [0.717, 1.165) is 13.0 Å². The first kappa shape index (κ1) is 28.8. The Morgan fingerprint density at radius 3 is 1.92 bits per heavy atom. The van der Waals surface area contributed by atoms with Crippen molar-refractivity contribution in [3.63, 3.8) is 0 Å². The summed E-state index contributed by atoms with van der Waals surface area (Å²) in [5.74, 6) is -0.227. The molecule has 0 N–H and O–H groups in total. The number of likely N-dealkylation sites (tertiary alicyclic amines) is 1. The fraction of sp³-hybridized carbons (Fsp3) is 0.333. The highest BCUT2D eigenvalue weighted by Gasteiger charge is 2.44. The molecule has 3 aromatic rings. The van der Waals surface area contributed by atoms with Crippen LogP contribution in [0.2, 0.25) is 0 Å². The first-order valence-electron chi connectivity index (χ1n) is 13.6. The van der Waals surface area contributed by atoms with Crippen LogP contribution in [0, 0.1) is 0 Å². The molecule has 204 valence electrons. The van der Waals surface area contributed by atoms with E-state index in [1.807, 2.05) is 18.9 Å². The number of hydrogen-bond acceptors (Lipinski definition) is 6. The molecule has 3 aromatic carbocycles. The lowest BCUT2D eigenvalue weighted by Crippen LogP contribution is -2.52. The third kappa shape index (κ3) is 6.88. The van der Waals surface area contributed by atoms with Gasteiger partial charge in [0, 0.05) is 31.8 Å². The highest BCUT2D eigenvalue weighted by molar-refractivity contribution is 8.14. The van der Waals surface area contributed by atoms with Gasteiger partial charge in [0.05, 0.1) is 18.7 Å². The Kier molecular flexibility index (Phi) is 10.2. The first-order valence-corrected chi connectivity index (χ1v) is 14.4. The van der Waals surface area contributed by atoms with Gasteiger partial charge in [0.25, 0.3) is 0 Å². The van der Waals surface area contributed by atoms with E-state index in [1.54, 1.807) is 6.92 Å². The van der Waals surface area contributed by atoms with Crippen molar-refractivity contribution >= 4 is 22.8 Å². The molecule has 6 heteroatoms. The Labute approximate surface area is 236 Å². The van der Waals surface area contributed by atoms with Crippen molar-refractivity contribution in [2.75, 3.05) is 39.8 Å². The lowest BCUT2D eigenvalue weighted by atomic mass is 9.74. The summed E-state index contributed by atoms with van der Waals surface area (Å²) in [6, 6.07) is 32.1. The van der Waals surface area contributed by atoms with Crippen LogP contribution in [0.3, 0.4) is 0 Å². The maximum absolute atomic E-state index is 12.2. The number of nitrogens with zero attached hydrogens (tertiary/aromatic N) is 2. The van der Waals surface area contributed by atoms with E-state index in [1.165, 1.54) is 34.0 Å². The number of ether oxygens (including phenoxy) is 1. The van der Waals surface area contributed by atoms with Crippen molar-refractivity contribution in [3.8, 4) is 0 Å². The second kappa shape index (κ2) is 13.7. The summed E-state index contributed by atoms with van der Waals surface area (Å²) in [4.78, 5) is 28.7. The van der Waals surface area contributed by atoms with Crippen molar-refractivity contribution < 1.29 is 14.3 Å². The summed E-state index contributed by atoms with van der Waals surface area (Å²) in [5, 5.41) is 0.231. The molecule has 1 aliphatic heterocycles. The van der Waals surface area contributed by atoms with E-state index in [-0.39, 0.29) is 22.9 Å². The summed E-state index contributed by atoms with van der Waals surface area (Å²) in [6.45, 7) is 6.21. The minimum absolute atomic E-state index is 0.106. The highest BCUT2D eigenvalue weighted by atomic mass is 32.2. The molecule has 0 aliphatic carbocycles. The van der Waals surface area contributed by atoms with Gasteiger partial charge in [-0.15, -0.1) is 0 Å². The lowest BCUT2D eigenvalue weighted by Gasteiger charge is -2.49. The Morgan fingerprint density at radius 1 is 0.949 bits per heavy atom. The van der Waals surface area contributed by atoms with Gasteiger partial charge in [0.2, 0.25) is 0 Å². The third-order valence-electron chi connectivity index (χ3n) is 7.17. The molecule has 0 amide bonds. The number of hydrogen-bond donors (Lipinski definition) is 0. The molecule has 0 spiro atoms. The topological polar surface area (TPSA) is 49.9 Å². The molecule has 1 atom stereocenters. The second-order valence-electron chi connectivity index (χ2n) is 9.90. The van der Waals surface area contributed by atoms with Crippen LogP contribution in [0.15, 0.2) is 103 Å². The molecule has 39 heavy (non-hydrogen) atoms. The summed E-state index contributed by atoms with van der Waals surface area (Å²) in [5.41, 5.74) is 4.33. The average Bonchev–Trinajstić information content (AvgIpc) is 2.95. The molecule has 4 rings (SSSR count). The Hall–Kier alpha value is -3.19. The van der Waals surface area contributed by atoms with E-state index in [4.69, 9.17) is 4.74 Å². The fourth-order valence-electron chi connectivity index (χ4n) is 5.53. The number of piperidine rings is 1. The van der Waals surface area contributed by atoms with E-state index in [2.05, 4.69) is 102 Å². The largest absolute Gasteiger partial charge is 0.465 e. The molecule has 0 saturated carbocycles. The Morgan fingerprint density at radius 2 is 1.46 bits per heavy atom. The van der Waals surface area contributed by atoms with E-state index in [9.17, 15) is 9.59 Å². The van der Waals surface area contributed by atoms with Crippen LogP contribution in [-0.4, -0.2) is 66.0 Å². The van der Waals surface area contributed by atoms with Crippen molar-refractivity contribution in [3.05, 3.63) is 119 Å². The van der Waals surface area contributed by atoms with Crippen LogP contribution in [0.4, 0.5) is 0 Å². The SMILES string of the molecule is CCOC(=O)CN(C)C/C=C1/CN(C(c2ccccc2)(c2ccccc2)c2ccccc2)CCC1SC(C)=O. The average molecular weight is 543 g/mol. The van der Waals surface area contributed by atoms with Gasteiger partial charge in [-0.1, -0.05) is 109 Å². The summed E-state index contributed by atoms with van der Waals surface area (Å²) >= 11 is 1.41. The van der Waals surface area contributed by atoms with Gasteiger partial charge in [0.15, 0.2) is 5.12 Å². The molecule has 1 saturated heterocycles. The first-order chi connectivity index (χ1) is 18.9. The Bertz CT molecular complexity index is 1150. The normalized spacial score (nSPS) is 17.3. The zero-order valence-corrected chi connectivity index (χ0v) is 23.9. The van der Waals surface area contributed by atoms with Gasteiger partial charge in [-0.25, -0.2) is 0 Å². The molecule has 1 fully saturated rings. The van der Waals surface area contributed by atoms with E-state index < -0.39 is 5.54 Å². The van der Waals surface area contributed by atoms with E-state index >= 15 is 0 Å². The molecule has 0 radical (unpaired) electrons. The predicted molar refractivity (Wildman–Crippen MR) is 160 cm³/mol. The van der Waals surface area contributed by atoms with Crippen LogP contribution >= 0.6 is 11.8 Å². The summed E-state index contributed by atoms with van der Waals surface area (Å²) < 4.78 is 5.13. The van der Waals surface area contributed by atoms with Crippen LogP contribution in [0.5, 0.6) is 0 Å². The number of rotatable bonds is 10. The molecular weight excluding hydrogens is 504 g/mol. The smallest absolute Gasteiger partial charge is 0.320 e. The van der Waals surface area contributed by atoms with Crippen LogP contribution in [-0.2, 0) is 19.9 Å². The predicted octanol–water partition coefficient (Wildman–Crippen LogP) is 5.75. The van der Waals surface area contributed by atoms with Gasteiger partial charge < -0.3 is 4.74 Å². The molecule has 1 aliphatic rings. The monoisotopic (exact) mass is 542 g/mol. The standard InChI is InChI=1S/C33H38N2O3S/c1-4-38-32(37)25-34(3)22-20-27-24-35(23-21-31(27)39-26(2)36)33(28-14-8-5-9-15-28,29-16-10-6-11-17-29)30-18-12-7-13-19-30/h5-20,31H,4,21-25H2,1-3H3/b27-20-. The zero-order chi connectivity index (χ0) is 27.7. The van der Waals surface area contributed by atoms with Gasteiger partial charge in [0.1, 0.15) is 0 Å². The quantitative estimate of drug-likeness (QED) is 0.185. The molecule has 1 unspecified atom stereocenters. The van der Waals surface area contributed by atoms with Crippen molar-refractivity contribution in [2.24, 2.45) is 0 Å². The van der Waals surface area contributed by atoms with Gasteiger partial charge in [-0.2, -0.15) is 0 Å². The summed E-state index contributed by atoms with van der Waals surface area (Å²) in [7, 11) is 1.92. The van der Waals surface area contributed by atoms with Gasteiger partial charge in [-0.3, -0.25) is 19.4 Å². The maximum Gasteiger partial charge on any atom is 0.320 e. The lowest BCUT2D eigenvalue weighted by molar-refractivity contribution is -0.143. The molecular formula is C33H38N2O3S. The molecule has 0 aromatic heterocycles. The van der Waals surface area contributed by atoms with Crippen molar-refractivity contribution in [1.82, 2.24) is 9.80 Å². The zero-order valence-electron chi connectivity index (χ0n) is 23.1. The van der Waals surface area contributed by atoms with Crippen LogP contribution in [0.1, 0.15) is 37.0 Å². The third-order valence-corrected chi connectivity index (χ3v) is 8.33.